The van der Waals surface area contributed by atoms with Crippen LogP contribution in [0, 0.1) is 6.92 Å². The molecule has 6 nitrogen and oxygen atoms in total. The summed E-state index contributed by atoms with van der Waals surface area (Å²) in [6, 6.07) is 6.48. The summed E-state index contributed by atoms with van der Waals surface area (Å²) in [7, 11) is -4.00. The lowest BCUT2D eigenvalue weighted by Crippen LogP contribution is -2.36. The number of hydrogen-bond donors (Lipinski definition) is 1. The smallest absolute Gasteiger partial charge is 0.301 e. The molecule has 1 N–H and O–H groups in total. The van der Waals surface area contributed by atoms with Crippen molar-refractivity contribution in [3.8, 4) is 0 Å². The Morgan fingerprint density at radius 2 is 1.62 bits per heavy atom. The van der Waals surface area contributed by atoms with Gasteiger partial charge in [0.1, 0.15) is 0 Å². The third-order valence-electron chi connectivity index (χ3n) is 5.29. The van der Waals surface area contributed by atoms with Crippen molar-refractivity contribution in [1.82, 2.24) is 0 Å². The van der Waals surface area contributed by atoms with Crippen molar-refractivity contribution in [3.05, 3.63) is 29.8 Å². The second-order valence-corrected chi connectivity index (χ2v) is 9.79. The SMILES string of the molecule is CCCCCCC(C)(O)CCCCC1(OS(=O)(=O)c2ccc(C)cc2)OCCO1. The number of aliphatic hydroxyl groups is 1. The number of unbranched alkanes of at least 4 members (excludes halogenated alkanes) is 4. The third kappa shape index (κ3) is 7.98. The van der Waals surface area contributed by atoms with Crippen LogP contribution >= 0.6 is 0 Å². The van der Waals surface area contributed by atoms with E-state index < -0.39 is 21.7 Å². The first-order valence-electron chi connectivity index (χ1n) is 10.7. The Morgan fingerprint density at radius 3 is 2.21 bits per heavy atom. The maximum atomic E-state index is 12.6. The number of aryl methyl sites for hydroxylation is 1. The van der Waals surface area contributed by atoms with E-state index in [0.29, 0.717) is 32.5 Å². The molecular formula is C22H36O6S. The maximum Gasteiger partial charge on any atom is 0.301 e. The number of ether oxygens (including phenoxy) is 2. The molecule has 2 rings (SSSR count). The molecule has 0 bridgehead atoms. The summed E-state index contributed by atoms with van der Waals surface area (Å²) < 4.78 is 41.8. The molecule has 0 saturated carbocycles. The zero-order chi connectivity index (χ0) is 21.4. The van der Waals surface area contributed by atoms with E-state index in [1.54, 1.807) is 12.1 Å². The van der Waals surface area contributed by atoms with Crippen LogP contribution in [-0.2, 0) is 23.8 Å². The van der Waals surface area contributed by atoms with Crippen molar-refractivity contribution in [2.45, 2.75) is 95.0 Å². The van der Waals surface area contributed by atoms with E-state index >= 15 is 0 Å². The Morgan fingerprint density at radius 1 is 1.03 bits per heavy atom. The predicted molar refractivity (Wildman–Crippen MR) is 112 cm³/mol. The van der Waals surface area contributed by atoms with Gasteiger partial charge in [0.2, 0.25) is 0 Å². The van der Waals surface area contributed by atoms with E-state index in [0.717, 1.165) is 31.2 Å². The van der Waals surface area contributed by atoms with Crippen molar-refractivity contribution in [2.75, 3.05) is 13.2 Å². The van der Waals surface area contributed by atoms with Gasteiger partial charge in [0.25, 0.3) is 5.97 Å². The van der Waals surface area contributed by atoms with E-state index in [4.69, 9.17) is 13.7 Å². The Bertz CT molecular complexity index is 705. The van der Waals surface area contributed by atoms with Crippen molar-refractivity contribution < 1.29 is 27.2 Å². The summed E-state index contributed by atoms with van der Waals surface area (Å²) in [6.07, 6.45) is 7.64. The molecule has 1 atom stereocenters. The molecule has 0 amide bonds. The molecule has 29 heavy (non-hydrogen) atoms. The molecule has 0 radical (unpaired) electrons. The molecule has 0 aliphatic carbocycles. The number of rotatable bonds is 13. The van der Waals surface area contributed by atoms with Gasteiger partial charge in [-0.2, -0.15) is 8.42 Å². The molecule has 0 aromatic heterocycles. The van der Waals surface area contributed by atoms with Gasteiger partial charge in [0, 0.05) is 6.42 Å². The van der Waals surface area contributed by atoms with E-state index in [9.17, 15) is 13.5 Å². The van der Waals surface area contributed by atoms with Gasteiger partial charge in [-0.1, -0.05) is 56.7 Å². The lowest BCUT2D eigenvalue weighted by atomic mass is 9.92. The Kier molecular flexibility index (Phi) is 9.10. The minimum absolute atomic E-state index is 0.0802. The fourth-order valence-electron chi connectivity index (χ4n) is 3.50. The fourth-order valence-corrected chi connectivity index (χ4v) is 4.57. The van der Waals surface area contributed by atoms with E-state index in [1.807, 2.05) is 13.8 Å². The van der Waals surface area contributed by atoms with Gasteiger partial charge in [-0.05, 0) is 45.2 Å². The summed E-state index contributed by atoms with van der Waals surface area (Å²) in [6.45, 7) is 6.51. The van der Waals surface area contributed by atoms with Gasteiger partial charge >= 0.3 is 10.1 Å². The summed E-state index contributed by atoms with van der Waals surface area (Å²) in [4.78, 5) is 0.0802. The Balaban J connectivity index is 1.87. The van der Waals surface area contributed by atoms with Crippen molar-refractivity contribution in [1.29, 1.82) is 0 Å². The molecule has 1 aromatic carbocycles. The summed E-state index contributed by atoms with van der Waals surface area (Å²) in [5.41, 5.74) is 0.265. The van der Waals surface area contributed by atoms with Crippen LogP contribution in [0.1, 0.15) is 77.2 Å². The highest BCUT2D eigenvalue weighted by molar-refractivity contribution is 7.86. The zero-order valence-corrected chi connectivity index (χ0v) is 18.8. The molecule has 7 heteroatoms. The highest BCUT2D eigenvalue weighted by Crippen LogP contribution is 2.32. The average molecular weight is 429 g/mol. The van der Waals surface area contributed by atoms with Crippen molar-refractivity contribution in [3.63, 3.8) is 0 Å². The first-order chi connectivity index (χ1) is 13.7. The monoisotopic (exact) mass is 428 g/mol. The first kappa shape index (κ1) is 24.3. The predicted octanol–water partition coefficient (Wildman–Crippen LogP) is 4.68. The third-order valence-corrected chi connectivity index (χ3v) is 6.61. The lowest BCUT2D eigenvalue weighted by Gasteiger charge is -2.27. The van der Waals surface area contributed by atoms with E-state index in [-0.39, 0.29) is 4.90 Å². The second-order valence-electron chi connectivity index (χ2n) is 8.25. The van der Waals surface area contributed by atoms with Crippen LogP contribution in [0.4, 0.5) is 0 Å². The normalized spacial score (nSPS) is 18.6. The van der Waals surface area contributed by atoms with Crippen LogP contribution in [0.5, 0.6) is 0 Å². The molecule has 166 valence electrons. The largest absolute Gasteiger partial charge is 0.390 e. The summed E-state index contributed by atoms with van der Waals surface area (Å²) >= 11 is 0. The number of benzene rings is 1. The van der Waals surface area contributed by atoms with Crippen LogP contribution in [0.15, 0.2) is 29.2 Å². The minimum atomic E-state index is -4.00. The average Bonchev–Trinajstić information content (AvgIpc) is 3.11. The highest BCUT2D eigenvalue weighted by Gasteiger charge is 2.42. The molecule has 1 aliphatic heterocycles. The molecule has 1 heterocycles. The highest BCUT2D eigenvalue weighted by atomic mass is 32.2. The standard InChI is InChI=1S/C22H36O6S/c1-4-5-6-7-14-21(3,23)15-8-9-16-22(26-17-18-27-22)28-29(24,25)20-12-10-19(2)11-13-20/h10-13,23H,4-9,14-18H2,1-3H3. The van der Waals surface area contributed by atoms with Crippen LogP contribution in [-0.4, -0.2) is 38.3 Å². The van der Waals surface area contributed by atoms with Crippen LogP contribution in [0.2, 0.25) is 0 Å². The van der Waals surface area contributed by atoms with Crippen molar-refractivity contribution >= 4 is 10.1 Å². The maximum absolute atomic E-state index is 12.6. The van der Waals surface area contributed by atoms with Crippen LogP contribution in [0.3, 0.4) is 0 Å². The second kappa shape index (κ2) is 10.9. The van der Waals surface area contributed by atoms with E-state index in [2.05, 4.69) is 6.92 Å². The van der Waals surface area contributed by atoms with Gasteiger partial charge in [-0.15, -0.1) is 0 Å². The van der Waals surface area contributed by atoms with Gasteiger partial charge in [-0.25, -0.2) is 4.18 Å². The Hall–Kier alpha value is -0.990. The minimum Gasteiger partial charge on any atom is -0.390 e. The van der Waals surface area contributed by atoms with Gasteiger partial charge in [-0.3, -0.25) is 0 Å². The van der Waals surface area contributed by atoms with Gasteiger partial charge in [0.05, 0.1) is 23.7 Å². The molecule has 1 aliphatic rings. The molecule has 1 aromatic rings. The summed E-state index contributed by atoms with van der Waals surface area (Å²) in [5, 5.41) is 10.5. The van der Waals surface area contributed by atoms with Gasteiger partial charge < -0.3 is 14.6 Å². The quantitative estimate of drug-likeness (QED) is 0.363. The molecule has 1 unspecified atom stereocenters. The van der Waals surface area contributed by atoms with Crippen LogP contribution < -0.4 is 0 Å². The van der Waals surface area contributed by atoms with Crippen LogP contribution in [0.25, 0.3) is 0 Å². The van der Waals surface area contributed by atoms with Crippen molar-refractivity contribution in [2.24, 2.45) is 0 Å². The molecule has 1 fully saturated rings. The molecule has 1 saturated heterocycles. The lowest BCUT2D eigenvalue weighted by molar-refractivity contribution is -0.287. The van der Waals surface area contributed by atoms with Gasteiger partial charge in [0.15, 0.2) is 0 Å². The first-order valence-corrected chi connectivity index (χ1v) is 12.1. The zero-order valence-electron chi connectivity index (χ0n) is 18.0. The Labute approximate surface area is 175 Å². The fraction of sp³-hybridized carbons (Fsp3) is 0.727. The van der Waals surface area contributed by atoms with E-state index in [1.165, 1.54) is 25.0 Å². The molecule has 0 spiro atoms. The summed E-state index contributed by atoms with van der Waals surface area (Å²) in [5.74, 6) is -1.57. The molecular weight excluding hydrogens is 392 g/mol. The topological polar surface area (TPSA) is 82.1 Å². The number of hydrogen-bond acceptors (Lipinski definition) is 6.